The first-order chi connectivity index (χ1) is 7.27. The molecular weight excluding hydrogens is 188 g/mol. The van der Waals surface area contributed by atoms with Crippen molar-refractivity contribution in [2.45, 2.75) is 19.8 Å². The molecule has 2 rings (SSSR count). The summed E-state index contributed by atoms with van der Waals surface area (Å²) in [5, 5.41) is 2.94. The topological polar surface area (TPSA) is 42.0 Å². The Morgan fingerprint density at radius 1 is 1.60 bits per heavy atom. The molecule has 0 aliphatic heterocycles. The SMILES string of the molecule is CC1CC1C(=O)NCCc1ccccn1. The number of hydrogen-bond acceptors (Lipinski definition) is 2. The number of hydrogen-bond donors (Lipinski definition) is 1. The van der Waals surface area contributed by atoms with Gasteiger partial charge in [0.1, 0.15) is 0 Å². The van der Waals surface area contributed by atoms with Gasteiger partial charge in [-0.15, -0.1) is 0 Å². The molecule has 80 valence electrons. The standard InChI is InChI=1S/C12H16N2O/c1-9-8-11(9)12(15)14-7-5-10-4-2-3-6-13-10/h2-4,6,9,11H,5,7-8H2,1H3,(H,14,15). The summed E-state index contributed by atoms with van der Waals surface area (Å²) in [6, 6.07) is 5.84. The fourth-order valence-electron chi connectivity index (χ4n) is 1.68. The first-order valence-electron chi connectivity index (χ1n) is 5.45. The molecule has 1 amide bonds. The van der Waals surface area contributed by atoms with Gasteiger partial charge in [0, 0.05) is 30.8 Å². The quantitative estimate of drug-likeness (QED) is 0.805. The zero-order valence-corrected chi connectivity index (χ0v) is 8.94. The number of pyridine rings is 1. The Kier molecular flexibility index (Phi) is 2.99. The number of aromatic nitrogens is 1. The third-order valence-electron chi connectivity index (χ3n) is 2.85. The van der Waals surface area contributed by atoms with Crippen LogP contribution in [0, 0.1) is 11.8 Å². The van der Waals surface area contributed by atoms with Crippen LogP contribution in [0.3, 0.4) is 0 Å². The fraction of sp³-hybridized carbons (Fsp3) is 0.500. The van der Waals surface area contributed by atoms with Crippen LogP contribution in [0.2, 0.25) is 0 Å². The molecule has 1 aromatic heterocycles. The third-order valence-corrected chi connectivity index (χ3v) is 2.85. The highest BCUT2D eigenvalue weighted by molar-refractivity contribution is 5.81. The van der Waals surface area contributed by atoms with Crippen LogP contribution in [0.5, 0.6) is 0 Å². The molecule has 2 unspecified atom stereocenters. The lowest BCUT2D eigenvalue weighted by atomic mass is 10.2. The van der Waals surface area contributed by atoms with Crippen LogP contribution in [0.25, 0.3) is 0 Å². The molecule has 0 spiro atoms. The van der Waals surface area contributed by atoms with Crippen LogP contribution in [0.4, 0.5) is 0 Å². The molecule has 0 radical (unpaired) electrons. The van der Waals surface area contributed by atoms with Crippen LogP contribution >= 0.6 is 0 Å². The molecule has 2 atom stereocenters. The predicted molar refractivity (Wildman–Crippen MR) is 58.2 cm³/mol. The van der Waals surface area contributed by atoms with Crippen molar-refractivity contribution in [1.29, 1.82) is 0 Å². The summed E-state index contributed by atoms with van der Waals surface area (Å²) >= 11 is 0. The molecule has 1 heterocycles. The molecule has 1 fully saturated rings. The number of nitrogens with one attached hydrogen (secondary N) is 1. The summed E-state index contributed by atoms with van der Waals surface area (Å²) < 4.78 is 0. The van der Waals surface area contributed by atoms with Crippen molar-refractivity contribution in [3.8, 4) is 0 Å². The summed E-state index contributed by atoms with van der Waals surface area (Å²) in [4.78, 5) is 15.7. The van der Waals surface area contributed by atoms with Gasteiger partial charge in [0.15, 0.2) is 0 Å². The maximum absolute atomic E-state index is 11.5. The zero-order valence-electron chi connectivity index (χ0n) is 8.94. The minimum Gasteiger partial charge on any atom is -0.355 e. The van der Waals surface area contributed by atoms with Crippen LogP contribution in [-0.2, 0) is 11.2 Å². The van der Waals surface area contributed by atoms with Crippen LogP contribution in [0.1, 0.15) is 19.0 Å². The number of carbonyl (C=O) groups is 1. The molecule has 0 aromatic carbocycles. The van der Waals surface area contributed by atoms with E-state index in [1.807, 2.05) is 18.2 Å². The highest BCUT2D eigenvalue weighted by Gasteiger charge is 2.38. The van der Waals surface area contributed by atoms with E-state index in [-0.39, 0.29) is 11.8 Å². The maximum atomic E-state index is 11.5. The Hall–Kier alpha value is -1.38. The summed E-state index contributed by atoms with van der Waals surface area (Å²) in [5.74, 6) is 1.06. The van der Waals surface area contributed by atoms with Crippen LogP contribution in [-0.4, -0.2) is 17.4 Å². The highest BCUT2D eigenvalue weighted by atomic mass is 16.2. The van der Waals surface area contributed by atoms with E-state index in [1.165, 1.54) is 0 Å². The molecule has 1 saturated carbocycles. The van der Waals surface area contributed by atoms with E-state index in [9.17, 15) is 4.79 Å². The average molecular weight is 204 g/mol. The Morgan fingerprint density at radius 2 is 2.40 bits per heavy atom. The van der Waals surface area contributed by atoms with Crippen molar-refractivity contribution in [2.75, 3.05) is 6.54 Å². The number of rotatable bonds is 4. The average Bonchev–Trinajstić information content (AvgIpc) is 2.97. The van der Waals surface area contributed by atoms with E-state index in [1.54, 1.807) is 6.20 Å². The van der Waals surface area contributed by atoms with Gasteiger partial charge in [-0.1, -0.05) is 13.0 Å². The van der Waals surface area contributed by atoms with Gasteiger partial charge in [0.05, 0.1) is 0 Å². The molecule has 1 aliphatic carbocycles. The van der Waals surface area contributed by atoms with Gasteiger partial charge in [-0.25, -0.2) is 0 Å². The van der Waals surface area contributed by atoms with E-state index in [0.717, 1.165) is 18.5 Å². The Bertz CT molecular complexity index is 337. The minimum absolute atomic E-state index is 0.207. The lowest BCUT2D eigenvalue weighted by molar-refractivity contribution is -0.122. The molecule has 15 heavy (non-hydrogen) atoms. The summed E-state index contributed by atoms with van der Waals surface area (Å²) in [7, 11) is 0. The second kappa shape index (κ2) is 4.43. The van der Waals surface area contributed by atoms with Crippen LogP contribution < -0.4 is 5.32 Å². The molecule has 0 saturated heterocycles. The van der Waals surface area contributed by atoms with Gasteiger partial charge in [-0.3, -0.25) is 9.78 Å². The lowest BCUT2D eigenvalue weighted by Crippen LogP contribution is -2.27. The van der Waals surface area contributed by atoms with Crippen molar-refractivity contribution in [1.82, 2.24) is 10.3 Å². The summed E-state index contributed by atoms with van der Waals surface area (Å²) in [5.41, 5.74) is 1.03. The second-order valence-corrected chi connectivity index (χ2v) is 4.18. The molecule has 3 heteroatoms. The van der Waals surface area contributed by atoms with Crippen molar-refractivity contribution < 1.29 is 4.79 Å². The van der Waals surface area contributed by atoms with E-state index in [4.69, 9.17) is 0 Å². The number of carbonyl (C=O) groups excluding carboxylic acids is 1. The van der Waals surface area contributed by atoms with Gasteiger partial charge in [0.2, 0.25) is 5.91 Å². The summed E-state index contributed by atoms with van der Waals surface area (Å²) in [6.45, 7) is 2.81. The van der Waals surface area contributed by atoms with E-state index in [0.29, 0.717) is 12.5 Å². The van der Waals surface area contributed by atoms with Gasteiger partial charge in [-0.2, -0.15) is 0 Å². The molecule has 1 aromatic rings. The maximum Gasteiger partial charge on any atom is 0.223 e. The summed E-state index contributed by atoms with van der Waals surface area (Å²) in [6.07, 6.45) is 3.64. The predicted octanol–water partition coefficient (Wildman–Crippen LogP) is 1.40. The van der Waals surface area contributed by atoms with Gasteiger partial charge < -0.3 is 5.32 Å². The second-order valence-electron chi connectivity index (χ2n) is 4.18. The largest absolute Gasteiger partial charge is 0.355 e. The lowest BCUT2D eigenvalue weighted by Gasteiger charge is -2.03. The zero-order chi connectivity index (χ0) is 10.7. The monoisotopic (exact) mass is 204 g/mol. The van der Waals surface area contributed by atoms with E-state index < -0.39 is 0 Å². The van der Waals surface area contributed by atoms with E-state index >= 15 is 0 Å². The Morgan fingerprint density at radius 3 is 3.00 bits per heavy atom. The van der Waals surface area contributed by atoms with Crippen molar-refractivity contribution in [3.63, 3.8) is 0 Å². The molecule has 1 N–H and O–H groups in total. The highest BCUT2D eigenvalue weighted by Crippen LogP contribution is 2.37. The van der Waals surface area contributed by atoms with Crippen molar-refractivity contribution in [2.24, 2.45) is 11.8 Å². The van der Waals surface area contributed by atoms with Gasteiger partial charge in [0.25, 0.3) is 0 Å². The normalized spacial score (nSPS) is 23.5. The van der Waals surface area contributed by atoms with Gasteiger partial charge >= 0.3 is 0 Å². The van der Waals surface area contributed by atoms with Crippen molar-refractivity contribution in [3.05, 3.63) is 30.1 Å². The molecule has 3 nitrogen and oxygen atoms in total. The first kappa shape index (κ1) is 10.1. The van der Waals surface area contributed by atoms with Crippen molar-refractivity contribution >= 4 is 5.91 Å². The number of nitrogens with zero attached hydrogens (tertiary/aromatic N) is 1. The third kappa shape index (κ3) is 2.78. The Labute approximate surface area is 89.9 Å². The van der Waals surface area contributed by atoms with E-state index in [2.05, 4.69) is 17.2 Å². The molecular formula is C12H16N2O. The Balaban J connectivity index is 1.69. The smallest absolute Gasteiger partial charge is 0.223 e. The molecule has 0 bridgehead atoms. The van der Waals surface area contributed by atoms with Crippen LogP contribution in [0.15, 0.2) is 24.4 Å². The van der Waals surface area contributed by atoms with Gasteiger partial charge in [-0.05, 0) is 24.5 Å². The number of amides is 1. The fourth-order valence-corrected chi connectivity index (χ4v) is 1.68. The first-order valence-corrected chi connectivity index (χ1v) is 5.45. The molecule has 1 aliphatic rings. The minimum atomic E-state index is 0.207.